The van der Waals surface area contributed by atoms with E-state index in [1.54, 1.807) is 4.90 Å². The van der Waals surface area contributed by atoms with E-state index in [1.807, 2.05) is 0 Å². The number of likely N-dealkylation sites (tertiary alicyclic amines) is 1. The van der Waals surface area contributed by atoms with Gasteiger partial charge in [-0.15, -0.1) is 0 Å². The molecule has 1 heterocycles. The molecule has 1 aromatic rings. The van der Waals surface area contributed by atoms with Crippen LogP contribution in [-0.4, -0.2) is 29.0 Å². The fraction of sp³-hybridized carbons (Fsp3) is 0.562. The molecular weight excluding hydrogens is 257 g/mol. The van der Waals surface area contributed by atoms with Crippen molar-refractivity contribution in [2.45, 2.75) is 33.6 Å². The topological polar surface area (TPSA) is 40.5 Å². The van der Waals surface area contributed by atoms with E-state index in [1.165, 1.54) is 18.2 Å². The van der Waals surface area contributed by atoms with Crippen LogP contribution in [0.3, 0.4) is 0 Å². The number of hydrogen-bond acceptors (Lipinski definition) is 2. The summed E-state index contributed by atoms with van der Waals surface area (Å²) in [5.41, 5.74) is 0.0247. The Morgan fingerprint density at radius 3 is 2.40 bits per heavy atom. The molecule has 0 radical (unpaired) electrons. The van der Waals surface area contributed by atoms with Gasteiger partial charge in [-0.25, -0.2) is 4.39 Å². The Morgan fingerprint density at radius 1 is 1.30 bits per heavy atom. The predicted octanol–water partition coefficient (Wildman–Crippen LogP) is 3.43. The highest BCUT2D eigenvalue weighted by molar-refractivity contribution is 5.97. The molecule has 1 fully saturated rings. The van der Waals surface area contributed by atoms with Crippen molar-refractivity contribution in [3.8, 4) is 5.75 Å². The molecule has 1 saturated heterocycles. The molecule has 1 aliphatic rings. The van der Waals surface area contributed by atoms with E-state index in [9.17, 15) is 14.3 Å². The monoisotopic (exact) mass is 279 g/mol. The van der Waals surface area contributed by atoms with Crippen LogP contribution in [0.2, 0.25) is 0 Å². The third-order valence-electron chi connectivity index (χ3n) is 4.21. The lowest BCUT2D eigenvalue weighted by molar-refractivity contribution is 0.0601. The highest BCUT2D eigenvalue weighted by Crippen LogP contribution is 2.35. The molecule has 0 unspecified atom stereocenters. The van der Waals surface area contributed by atoms with Crippen molar-refractivity contribution in [2.75, 3.05) is 13.1 Å². The highest BCUT2D eigenvalue weighted by Gasteiger charge is 2.32. The Kier molecular flexibility index (Phi) is 4.02. The summed E-state index contributed by atoms with van der Waals surface area (Å²) < 4.78 is 13.7. The molecule has 1 amide bonds. The van der Waals surface area contributed by atoms with Crippen molar-refractivity contribution < 1.29 is 14.3 Å². The smallest absolute Gasteiger partial charge is 0.260 e. The average Bonchev–Trinajstić information content (AvgIpc) is 2.37. The number of carbonyl (C=O) groups excluding carboxylic acids is 1. The van der Waals surface area contributed by atoms with Gasteiger partial charge in [0.15, 0.2) is 0 Å². The molecular formula is C16H22FNO2. The molecule has 1 aromatic carbocycles. The van der Waals surface area contributed by atoms with Crippen LogP contribution >= 0.6 is 0 Å². The van der Waals surface area contributed by atoms with Gasteiger partial charge in [0.25, 0.3) is 5.91 Å². The second-order valence-electron chi connectivity index (χ2n) is 6.57. The summed E-state index contributed by atoms with van der Waals surface area (Å²) in [5.74, 6) is -0.783. The number of aromatic hydroxyl groups is 1. The van der Waals surface area contributed by atoms with E-state index in [2.05, 4.69) is 20.8 Å². The van der Waals surface area contributed by atoms with Crippen LogP contribution in [-0.2, 0) is 0 Å². The zero-order valence-corrected chi connectivity index (χ0v) is 12.3. The number of phenolic OH excluding ortho intramolecular Hbond substituents is 1. The van der Waals surface area contributed by atoms with Gasteiger partial charge >= 0.3 is 0 Å². The summed E-state index contributed by atoms with van der Waals surface area (Å²) in [6, 6.07) is 3.94. The van der Waals surface area contributed by atoms with Gasteiger partial charge < -0.3 is 10.0 Å². The van der Waals surface area contributed by atoms with E-state index in [0.717, 1.165) is 12.8 Å². The summed E-state index contributed by atoms with van der Waals surface area (Å²) in [7, 11) is 0. The van der Waals surface area contributed by atoms with Crippen LogP contribution in [0.25, 0.3) is 0 Å². The van der Waals surface area contributed by atoms with Crippen molar-refractivity contribution in [3.05, 3.63) is 29.6 Å². The zero-order valence-electron chi connectivity index (χ0n) is 12.3. The van der Waals surface area contributed by atoms with Gasteiger partial charge in [0.2, 0.25) is 0 Å². The number of rotatable bonds is 1. The molecule has 0 aromatic heterocycles. The number of phenols is 1. The Balaban J connectivity index is 2.09. The van der Waals surface area contributed by atoms with Gasteiger partial charge in [-0.2, -0.15) is 0 Å². The quantitative estimate of drug-likeness (QED) is 0.855. The minimum atomic E-state index is -0.659. The van der Waals surface area contributed by atoms with Crippen LogP contribution in [0.15, 0.2) is 18.2 Å². The molecule has 0 saturated carbocycles. The number of benzene rings is 1. The molecule has 4 heteroatoms. The first-order chi connectivity index (χ1) is 9.30. The second-order valence-corrected chi connectivity index (χ2v) is 6.57. The van der Waals surface area contributed by atoms with Gasteiger partial charge in [0.05, 0.1) is 0 Å². The third kappa shape index (κ3) is 2.94. The van der Waals surface area contributed by atoms with E-state index in [4.69, 9.17) is 0 Å². The van der Waals surface area contributed by atoms with Crippen molar-refractivity contribution in [2.24, 2.45) is 11.3 Å². The maximum atomic E-state index is 13.7. The Labute approximate surface area is 119 Å². The van der Waals surface area contributed by atoms with Gasteiger partial charge in [-0.1, -0.05) is 26.8 Å². The summed E-state index contributed by atoms with van der Waals surface area (Å²) in [5, 5.41) is 9.69. The first-order valence-electron chi connectivity index (χ1n) is 7.07. The van der Waals surface area contributed by atoms with Gasteiger partial charge in [-0.3, -0.25) is 4.79 Å². The van der Waals surface area contributed by atoms with Crippen molar-refractivity contribution in [1.29, 1.82) is 0 Å². The Hall–Kier alpha value is -1.58. The largest absolute Gasteiger partial charge is 0.507 e. The summed E-state index contributed by atoms with van der Waals surface area (Å²) in [6.45, 7) is 7.86. The molecule has 0 aliphatic carbocycles. The number of carbonyl (C=O) groups is 1. The lowest BCUT2D eigenvalue weighted by Gasteiger charge is -2.38. The minimum Gasteiger partial charge on any atom is -0.507 e. The van der Waals surface area contributed by atoms with E-state index < -0.39 is 11.7 Å². The van der Waals surface area contributed by atoms with Gasteiger partial charge in [-0.05, 0) is 36.3 Å². The molecule has 2 rings (SSSR count). The van der Waals surface area contributed by atoms with E-state index in [-0.39, 0.29) is 16.7 Å². The minimum absolute atomic E-state index is 0.207. The molecule has 1 N–H and O–H groups in total. The second kappa shape index (κ2) is 5.43. The molecule has 0 spiro atoms. The maximum Gasteiger partial charge on any atom is 0.260 e. The zero-order chi connectivity index (χ0) is 14.9. The molecule has 3 nitrogen and oxygen atoms in total. The van der Waals surface area contributed by atoms with Crippen LogP contribution in [0.4, 0.5) is 4.39 Å². The lowest BCUT2D eigenvalue weighted by atomic mass is 9.75. The SMILES string of the molecule is CC(C)(C)C1CCN(C(=O)c2c(O)cccc2F)CC1. The van der Waals surface area contributed by atoms with Gasteiger partial charge in [0, 0.05) is 13.1 Å². The van der Waals surface area contributed by atoms with E-state index in [0.29, 0.717) is 19.0 Å². The molecule has 110 valence electrons. The molecule has 1 aliphatic heterocycles. The normalized spacial score (nSPS) is 17.3. The van der Waals surface area contributed by atoms with Crippen molar-refractivity contribution in [1.82, 2.24) is 4.90 Å². The maximum absolute atomic E-state index is 13.7. The van der Waals surface area contributed by atoms with Crippen molar-refractivity contribution >= 4 is 5.91 Å². The fourth-order valence-corrected chi connectivity index (χ4v) is 2.83. The molecule has 20 heavy (non-hydrogen) atoms. The summed E-state index contributed by atoms with van der Waals surface area (Å²) in [4.78, 5) is 14.0. The number of piperidine rings is 1. The van der Waals surface area contributed by atoms with Crippen LogP contribution < -0.4 is 0 Å². The lowest BCUT2D eigenvalue weighted by Crippen LogP contribution is -2.41. The number of halogens is 1. The predicted molar refractivity (Wildman–Crippen MR) is 76.1 cm³/mol. The fourth-order valence-electron chi connectivity index (χ4n) is 2.83. The number of nitrogens with zero attached hydrogens (tertiary/aromatic N) is 1. The Bertz CT molecular complexity index is 479. The number of hydrogen-bond donors (Lipinski definition) is 1. The standard InChI is InChI=1S/C16H22FNO2/c1-16(2,3)11-7-9-18(10-8-11)15(20)14-12(17)5-4-6-13(14)19/h4-6,11,19H,7-10H2,1-3H3. The molecule has 0 atom stereocenters. The van der Waals surface area contributed by atoms with Crippen LogP contribution in [0.1, 0.15) is 44.0 Å². The van der Waals surface area contributed by atoms with Gasteiger partial charge in [0.1, 0.15) is 17.1 Å². The first kappa shape index (κ1) is 14.8. The summed E-state index contributed by atoms with van der Waals surface area (Å²) in [6.07, 6.45) is 1.84. The highest BCUT2D eigenvalue weighted by atomic mass is 19.1. The third-order valence-corrected chi connectivity index (χ3v) is 4.21. The van der Waals surface area contributed by atoms with Crippen LogP contribution in [0, 0.1) is 17.2 Å². The van der Waals surface area contributed by atoms with Crippen LogP contribution in [0.5, 0.6) is 5.75 Å². The average molecular weight is 279 g/mol. The molecule has 0 bridgehead atoms. The first-order valence-corrected chi connectivity index (χ1v) is 7.07. The summed E-state index contributed by atoms with van der Waals surface area (Å²) >= 11 is 0. The van der Waals surface area contributed by atoms with Crippen molar-refractivity contribution in [3.63, 3.8) is 0 Å². The van der Waals surface area contributed by atoms with E-state index >= 15 is 0 Å². The Morgan fingerprint density at radius 2 is 1.90 bits per heavy atom. The number of amides is 1.